The summed E-state index contributed by atoms with van der Waals surface area (Å²) in [5, 5.41) is 9.36. The Kier molecular flexibility index (Phi) is 2.07. The average Bonchev–Trinajstić information content (AvgIpc) is 3.03. The molecule has 1 saturated carbocycles. The van der Waals surface area contributed by atoms with E-state index in [-0.39, 0.29) is 5.41 Å². The highest BCUT2D eigenvalue weighted by atomic mass is 15.1. The molecule has 84 valence electrons. The highest BCUT2D eigenvalue weighted by molar-refractivity contribution is 5.39. The number of hydrogen-bond donors (Lipinski definition) is 0. The van der Waals surface area contributed by atoms with Crippen LogP contribution in [0.25, 0.3) is 0 Å². The van der Waals surface area contributed by atoms with Crippen molar-refractivity contribution in [1.29, 1.82) is 5.26 Å². The van der Waals surface area contributed by atoms with E-state index in [2.05, 4.69) is 17.6 Å². The maximum Gasteiger partial charge on any atom is 0.109 e. The molecule has 0 atom stereocenters. The Hall–Kier alpha value is -1.30. The molecule has 0 aromatic carbocycles. The van der Waals surface area contributed by atoms with Gasteiger partial charge in [0.15, 0.2) is 0 Å². The largest absolute Gasteiger partial charge is 0.330 e. The number of imidazole rings is 1. The second-order valence-electron chi connectivity index (χ2n) is 4.98. The Balaban J connectivity index is 2.15. The van der Waals surface area contributed by atoms with Crippen molar-refractivity contribution in [2.24, 2.45) is 0 Å². The summed E-state index contributed by atoms with van der Waals surface area (Å²) in [5.74, 6) is 1.22. The van der Waals surface area contributed by atoms with Crippen molar-refractivity contribution in [2.75, 3.05) is 0 Å². The molecule has 0 bridgehead atoms. The van der Waals surface area contributed by atoms with Gasteiger partial charge in [-0.25, -0.2) is 4.98 Å². The van der Waals surface area contributed by atoms with Gasteiger partial charge in [0.05, 0.1) is 22.9 Å². The van der Waals surface area contributed by atoms with E-state index in [9.17, 15) is 5.26 Å². The Bertz CT molecular complexity index is 460. The molecule has 0 amide bonds. The summed E-state index contributed by atoms with van der Waals surface area (Å²) in [6.07, 6.45) is 6.59. The third-order valence-electron chi connectivity index (χ3n) is 3.90. The van der Waals surface area contributed by atoms with Crippen LogP contribution in [-0.2, 0) is 24.8 Å². The summed E-state index contributed by atoms with van der Waals surface area (Å²) in [6.45, 7) is 3.21. The van der Waals surface area contributed by atoms with Crippen molar-refractivity contribution in [3.8, 4) is 6.07 Å². The quantitative estimate of drug-likeness (QED) is 0.759. The second-order valence-corrected chi connectivity index (χ2v) is 4.98. The second kappa shape index (κ2) is 3.35. The number of aromatic nitrogens is 2. The van der Waals surface area contributed by atoms with Gasteiger partial charge in [0.25, 0.3) is 0 Å². The van der Waals surface area contributed by atoms with Crippen molar-refractivity contribution < 1.29 is 0 Å². The molecule has 16 heavy (non-hydrogen) atoms. The van der Waals surface area contributed by atoms with E-state index in [4.69, 9.17) is 4.98 Å². The zero-order chi connectivity index (χ0) is 11.2. The Morgan fingerprint density at radius 3 is 2.88 bits per heavy atom. The van der Waals surface area contributed by atoms with Gasteiger partial charge in [-0.2, -0.15) is 5.26 Å². The lowest BCUT2D eigenvalue weighted by molar-refractivity contribution is 0.500. The molecule has 1 fully saturated rings. The number of nitrogens with zero attached hydrogens (tertiary/aromatic N) is 3. The maximum atomic E-state index is 9.36. The number of aryl methyl sites for hydroxylation is 2. The molecule has 3 rings (SSSR count). The minimum atomic E-state index is -0.173. The first-order valence-electron chi connectivity index (χ1n) is 6.31. The number of fused-ring (bicyclic) bond motifs is 1. The smallest absolute Gasteiger partial charge is 0.109 e. The van der Waals surface area contributed by atoms with E-state index in [1.165, 1.54) is 30.1 Å². The lowest BCUT2D eigenvalue weighted by atomic mass is 10.0. The maximum absolute atomic E-state index is 9.36. The molecule has 0 radical (unpaired) electrons. The molecule has 0 unspecified atom stereocenters. The third-order valence-corrected chi connectivity index (χ3v) is 3.90. The summed E-state index contributed by atoms with van der Waals surface area (Å²) in [6, 6.07) is 2.52. The van der Waals surface area contributed by atoms with E-state index in [1.54, 1.807) is 0 Å². The molecule has 0 spiro atoms. The van der Waals surface area contributed by atoms with Gasteiger partial charge in [0.2, 0.25) is 0 Å². The van der Waals surface area contributed by atoms with Gasteiger partial charge in [-0.05, 0) is 32.1 Å². The minimum absolute atomic E-state index is 0.173. The van der Waals surface area contributed by atoms with E-state index in [0.717, 1.165) is 32.2 Å². The molecule has 3 heteroatoms. The molecule has 2 heterocycles. The van der Waals surface area contributed by atoms with Gasteiger partial charge in [-0.15, -0.1) is 0 Å². The van der Waals surface area contributed by atoms with Crippen LogP contribution < -0.4 is 0 Å². The van der Waals surface area contributed by atoms with Crippen LogP contribution in [0.15, 0.2) is 0 Å². The summed E-state index contributed by atoms with van der Waals surface area (Å²) in [4.78, 5) is 4.74. The van der Waals surface area contributed by atoms with Crippen LogP contribution >= 0.6 is 0 Å². The first-order chi connectivity index (χ1) is 7.80. The van der Waals surface area contributed by atoms with Gasteiger partial charge >= 0.3 is 0 Å². The Morgan fingerprint density at radius 2 is 2.25 bits per heavy atom. The van der Waals surface area contributed by atoms with Gasteiger partial charge < -0.3 is 4.57 Å². The van der Waals surface area contributed by atoms with E-state index >= 15 is 0 Å². The van der Waals surface area contributed by atoms with Crippen LogP contribution in [0.2, 0.25) is 0 Å². The van der Waals surface area contributed by atoms with Gasteiger partial charge in [-0.1, -0.05) is 6.92 Å². The molecule has 1 aromatic heterocycles. The number of rotatable bonds is 2. The molecule has 1 aromatic rings. The zero-order valence-electron chi connectivity index (χ0n) is 9.79. The summed E-state index contributed by atoms with van der Waals surface area (Å²) in [5.41, 5.74) is 2.26. The van der Waals surface area contributed by atoms with Crippen LogP contribution in [0, 0.1) is 11.3 Å². The molecular weight excluding hydrogens is 198 g/mol. The lowest BCUT2D eigenvalue weighted by Crippen LogP contribution is -2.18. The highest BCUT2D eigenvalue weighted by Gasteiger charge is 2.49. The Morgan fingerprint density at radius 1 is 1.44 bits per heavy atom. The molecule has 3 nitrogen and oxygen atoms in total. The van der Waals surface area contributed by atoms with Gasteiger partial charge in [0.1, 0.15) is 5.82 Å². The van der Waals surface area contributed by atoms with E-state index < -0.39 is 0 Å². The van der Waals surface area contributed by atoms with Crippen molar-refractivity contribution in [3.05, 3.63) is 17.2 Å². The zero-order valence-corrected chi connectivity index (χ0v) is 9.79. The highest BCUT2D eigenvalue weighted by Crippen LogP contribution is 2.49. The normalized spacial score (nSPS) is 21.2. The fourth-order valence-corrected chi connectivity index (χ4v) is 2.85. The minimum Gasteiger partial charge on any atom is -0.330 e. The van der Waals surface area contributed by atoms with Crippen LogP contribution in [0.4, 0.5) is 0 Å². The first-order valence-corrected chi connectivity index (χ1v) is 6.31. The standard InChI is InChI=1S/C13H17N3/c1-2-10-12(13(9-14)6-7-13)16-8-4-3-5-11(16)15-10/h2-8H2,1H3. The van der Waals surface area contributed by atoms with Gasteiger partial charge in [0, 0.05) is 13.0 Å². The molecule has 2 aliphatic rings. The SMILES string of the molecule is CCc1nc2n(c1C1(C#N)CC1)CCCC2. The summed E-state index contributed by atoms with van der Waals surface area (Å²) < 4.78 is 2.35. The molecule has 0 N–H and O–H groups in total. The van der Waals surface area contributed by atoms with Crippen LogP contribution in [0.1, 0.15) is 49.8 Å². The Labute approximate surface area is 96.1 Å². The first kappa shape index (κ1) is 9.89. The monoisotopic (exact) mass is 215 g/mol. The summed E-state index contributed by atoms with van der Waals surface area (Å²) in [7, 11) is 0. The number of nitriles is 1. The molecule has 0 saturated heterocycles. The van der Waals surface area contributed by atoms with Gasteiger partial charge in [-0.3, -0.25) is 0 Å². The summed E-state index contributed by atoms with van der Waals surface area (Å²) >= 11 is 0. The van der Waals surface area contributed by atoms with Crippen molar-refractivity contribution in [3.63, 3.8) is 0 Å². The lowest BCUT2D eigenvalue weighted by Gasteiger charge is -2.18. The fourth-order valence-electron chi connectivity index (χ4n) is 2.85. The third kappa shape index (κ3) is 1.22. The van der Waals surface area contributed by atoms with E-state index in [0.29, 0.717) is 0 Å². The predicted octanol–water partition coefficient (Wildman–Crippen LogP) is 2.34. The average molecular weight is 215 g/mol. The topological polar surface area (TPSA) is 41.6 Å². The molecule has 1 aliphatic carbocycles. The molecule has 1 aliphatic heterocycles. The fraction of sp³-hybridized carbons (Fsp3) is 0.692. The van der Waals surface area contributed by atoms with Crippen molar-refractivity contribution >= 4 is 0 Å². The van der Waals surface area contributed by atoms with E-state index in [1.807, 2.05) is 0 Å². The predicted molar refractivity (Wildman–Crippen MR) is 61.1 cm³/mol. The van der Waals surface area contributed by atoms with Crippen molar-refractivity contribution in [1.82, 2.24) is 9.55 Å². The van der Waals surface area contributed by atoms with Crippen LogP contribution in [-0.4, -0.2) is 9.55 Å². The number of hydrogen-bond acceptors (Lipinski definition) is 2. The van der Waals surface area contributed by atoms with Crippen LogP contribution in [0.5, 0.6) is 0 Å². The molecular formula is C13H17N3. The van der Waals surface area contributed by atoms with Crippen LogP contribution in [0.3, 0.4) is 0 Å². The van der Waals surface area contributed by atoms with Crippen molar-refractivity contribution in [2.45, 2.75) is 57.4 Å².